The molecule has 2 atom stereocenters. The smallest absolute Gasteiger partial charge is 0.361 e. The topological polar surface area (TPSA) is 108 Å². The molecule has 0 rings (SSSR count). The van der Waals surface area contributed by atoms with E-state index in [1.807, 2.05) is 21.1 Å². The molecule has 0 aromatic carbocycles. The molecule has 9 heteroatoms. The molecule has 0 aromatic heterocycles. The Labute approximate surface area is 575 Å². The number of hydrogen-bond acceptors (Lipinski definition) is 7. The maximum absolute atomic E-state index is 12.9. The fraction of sp³-hybridized carbons (Fsp3) is 0.750. The minimum Gasteiger partial charge on any atom is -0.477 e. The predicted molar refractivity (Wildman–Crippen MR) is 401 cm³/mol. The summed E-state index contributed by atoms with van der Waals surface area (Å²) in [6.45, 7) is 4.74. The zero-order valence-corrected chi connectivity index (χ0v) is 61.4. The number of rotatable bonds is 72. The second kappa shape index (κ2) is 73.8. The number of likely N-dealkylation sites (N-methyl/N-ethyl adjacent to an activating group) is 1. The lowest BCUT2D eigenvalue weighted by molar-refractivity contribution is -0.870. The summed E-state index contributed by atoms with van der Waals surface area (Å²) in [4.78, 5) is 37.7. The number of aliphatic carboxylic acids is 1. The Hall–Kier alpha value is -4.05. The van der Waals surface area contributed by atoms with Gasteiger partial charge in [-0.1, -0.05) is 342 Å². The van der Waals surface area contributed by atoms with Gasteiger partial charge >= 0.3 is 17.9 Å². The average molecular weight is 1300 g/mol. The van der Waals surface area contributed by atoms with Gasteiger partial charge in [0.25, 0.3) is 6.29 Å². The first-order valence-electron chi connectivity index (χ1n) is 39.1. The molecule has 0 bridgehead atoms. The first-order chi connectivity index (χ1) is 45.6. The molecule has 93 heavy (non-hydrogen) atoms. The number of nitrogens with zero attached hydrogens (tertiary/aromatic N) is 1. The molecule has 9 nitrogen and oxygen atoms in total. The van der Waals surface area contributed by atoms with Crippen LogP contribution in [0.25, 0.3) is 0 Å². The van der Waals surface area contributed by atoms with Crippen LogP contribution < -0.4 is 0 Å². The summed E-state index contributed by atoms with van der Waals surface area (Å²) >= 11 is 0. The number of carboxylic acids is 1. The summed E-state index contributed by atoms with van der Waals surface area (Å²) in [7, 11) is 5.96. The van der Waals surface area contributed by atoms with E-state index in [9.17, 15) is 19.5 Å². The van der Waals surface area contributed by atoms with E-state index >= 15 is 0 Å². The van der Waals surface area contributed by atoms with Crippen molar-refractivity contribution in [3.8, 4) is 0 Å². The molecular weight excluding hydrogens is 1150 g/mol. The van der Waals surface area contributed by atoms with Gasteiger partial charge in [-0.15, -0.1) is 0 Å². The predicted octanol–water partition coefficient (Wildman–Crippen LogP) is 24.9. The number of quaternary nitrogens is 1. The van der Waals surface area contributed by atoms with Crippen molar-refractivity contribution in [2.24, 2.45) is 0 Å². The number of ether oxygens (including phenoxy) is 4. The van der Waals surface area contributed by atoms with Crippen LogP contribution in [0.3, 0.4) is 0 Å². The van der Waals surface area contributed by atoms with Gasteiger partial charge in [-0.3, -0.25) is 9.59 Å². The van der Waals surface area contributed by atoms with E-state index in [4.69, 9.17) is 18.9 Å². The molecule has 0 saturated carbocycles. The Morgan fingerprint density at radius 3 is 0.946 bits per heavy atom. The molecule has 0 radical (unpaired) electrons. The van der Waals surface area contributed by atoms with E-state index in [0.29, 0.717) is 23.9 Å². The highest BCUT2D eigenvalue weighted by Crippen LogP contribution is 2.19. The highest BCUT2D eigenvalue weighted by Gasteiger charge is 2.25. The molecule has 0 spiro atoms. The Balaban J connectivity index is 4.03. The molecule has 0 aliphatic carbocycles. The van der Waals surface area contributed by atoms with Gasteiger partial charge in [0.2, 0.25) is 0 Å². The summed E-state index contributed by atoms with van der Waals surface area (Å²) in [5.74, 6) is -2.06. The Bertz CT molecular complexity index is 1900. The Kier molecular flexibility index (Phi) is 70.5. The van der Waals surface area contributed by atoms with Gasteiger partial charge in [0.15, 0.2) is 6.10 Å². The minimum atomic E-state index is -1.53. The van der Waals surface area contributed by atoms with Gasteiger partial charge in [0.1, 0.15) is 13.2 Å². The molecule has 1 N–H and O–H groups in total. The van der Waals surface area contributed by atoms with E-state index in [1.54, 1.807) is 0 Å². The highest BCUT2D eigenvalue weighted by molar-refractivity contribution is 5.71. The van der Waals surface area contributed by atoms with Crippen LogP contribution in [0.5, 0.6) is 0 Å². The molecule has 0 aliphatic rings. The van der Waals surface area contributed by atoms with Crippen molar-refractivity contribution in [1.29, 1.82) is 0 Å². The van der Waals surface area contributed by atoms with Crippen LogP contribution in [0, 0.1) is 0 Å². The van der Waals surface area contributed by atoms with E-state index in [0.717, 1.165) is 83.5 Å². The van der Waals surface area contributed by atoms with Crippen LogP contribution in [0.2, 0.25) is 0 Å². The van der Waals surface area contributed by atoms with Gasteiger partial charge in [-0.05, 0) is 103 Å². The van der Waals surface area contributed by atoms with E-state index < -0.39 is 24.3 Å². The molecule has 0 aliphatic heterocycles. The van der Waals surface area contributed by atoms with Crippen LogP contribution in [-0.2, 0) is 33.3 Å². The fourth-order valence-corrected chi connectivity index (χ4v) is 11.1. The average Bonchev–Trinajstić information content (AvgIpc) is 3.38. The molecule has 0 fully saturated rings. The van der Waals surface area contributed by atoms with Crippen LogP contribution in [0.15, 0.2) is 109 Å². The largest absolute Gasteiger partial charge is 0.477 e. The molecular formula is C84H148NO8+. The summed E-state index contributed by atoms with van der Waals surface area (Å²) in [5, 5.41) is 9.75. The van der Waals surface area contributed by atoms with Crippen LogP contribution in [0.1, 0.15) is 348 Å². The standard InChI is InChI=1S/C84H147NO8/c1-6-8-10-12-14-16-18-20-22-24-26-28-30-32-34-35-36-37-38-39-40-41-42-43-44-45-46-47-49-50-52-54-56-58-60-62-64-66-68-70-72-74-81(86)91-78-80(79-92-84(83(88)89)90-77-76-85(3,4)5)93-82(87)75-73-71-69-67-65-63-61-59-57-55-53-51-48-33-31-29-27-25-23-21-19-17-15-13-11-9-7-2/h9,11,15,17,21,23-24,26-27,29,33,48,53,55,59,61,65,67,80,84H,6-8,10,12-14,16,18-20,22,25,28,30-32,34-47,49-52,54,56-58,60,62-64,66,68-79H2,1-5H3/p+1/b11-9-,17-15-,23-21-,26-24-,29-27-,48-33-,55-53-,61-59-,67-65-. The minimum absolute atomic E-state index is 0.175. The maximum Gasteiger partial charge on any atom is 0.361 e. The molecule has 536 valence electrons. The van der Waals surface area contributed by atoms with Crippen LogP contribution >= 0.6 is 0 Å². The highest BCUT2D eigenvalue weighted by atomic mass is 16.7. The molecule has 0 aromatic rings. The normalized spacial score (nSPS) is 13.3. The maximum atomic E-state index is 12.9. The monoisotopic (exact) mass is 1300 g/mol. The number of carbonyl (C=O) groups is 3. The summed E-state index contributed by atoms with van der Waals surface area (Å²) in [6, 6.07) is 0. The van der Waals surface area contributed by atoms with E-state index in [2.05, 4.69) is 123 Å². The molecule has 2 unspecified atom stereocenters. The van der Waals surface area contributed by atoms with E-state index in [-0.39, 0.29) is 32.2 Å². The third-order valence-electron chi connectivity index (χ3n) is 17.0. The lowest BCUT2D eigenvalue weighted by Gasteiger charge is -2.25. The number of unbranched alkanes of at least 4 members (excludes halogenated alkanes) is 39. The van der Waals surface area contributed by atoms with Crippen molar-refractivity contribution in [3.63, 3.8) is 0 Å². The molecule has 0 heterocycles. The third-order valence-corrected chi connectivity index (χ3v) is 17.0. The number of esters is 2. The zero-order chi connectivity index (χ0) is 67.5. The second-order valence-electron chi connectivity index (χ2n) is 27.3. The second-order valence-corrected chi connectivity index (χ2v) is 27.3. The van der Waals surface area contributed by atoms with Crippen molar-refractivity contribution in [1.82, 2.24) is 0 Å². The van der Waals surface area contributed by atoms with Crippen LogP contribution in [0.4, 0.5) is 0 Å². The molecule has 0 amide bonds. The molecule has 0 saturated heterocycles. The number of allylic oxidation sites excluding steroid dienone is 18. The number of carboxylic acid groups (broad SMARTS) is 1. The van der Waals surface area contributed by atoms with Gasteiger partial charge in [0.05, 0.1) is 34.4 Å². The quantitative estimate of drug-likeness (QED) is 0.0211. The van der Waals surface area contributed by atoms with Crippen molar-refractivity contribution in [2.75, 3.05) is 47.5 Å². The number of carbonyl (C=O) groups excluding carboxylic acids is 2. The van der Waals surface area contributed by atoms with E-state index in [1.165, 1.54) is 231 Å². The Morgan fingerprint density at radius 2 is 0.613 bits per heavy atom. The van der Waals surface area contributed by atoms with Gasteiger partial charge in [0, 0.05) is 12.8 Å². The van der Waals surface area contributed by atoms with Crippen LogP contribution in [-0.4, -0.2) is 87.4 Å². The van der Waals surface area contributed by atoms with Crippen molar-refractivity contribution in [2.45, 2.75) is 360 Å². The summed E-state index contributed by atoms with van der Waals surface area (Å²) < 4.78 is 22.9. The van der Waals surface area contributed by atoms with Gasteiger partial charge < -0.3 is 28.5 Å². The fourth-order valence-electron chi connectivity index (χ4n) is 11.1. The third kappa shape index (κ3) is 75.2. The van der Waals surface area contributed by atoms with Crippen molar-refractivity contribution >= 4 is 17.9 Å². The zero-order valence-electron chi connectivity index (χ0n) is 61.4. The van der Waals surface area contributed by atoms with Gasteiger partial charge in [-0.25, -0.2) is 4.79 Å². The lowest BCUT2D eigenvalue weighted by atomic mass is 10.0. The first kappa shape index (κ1) is 89.0. The van der Waals surface area contributed by atoms with Crippen molar-refractivity contribution < 1.29 is 42.9 Å². The first-order valence-corrected chi connectivity index (χ1v) is 39.1. The Morgan fingerprint density at radius 1 is 0.333 bits per heavy atom. The summed E-state index contributed by atoms with van der Waals surface area (Å²) in [5.41, 5.74) is 0. The van der Waals surface area contributed by atoms with Crippen molar-refractivity contribution in [3.05, 3.63) is 109 Å². The SMILES string of the molecule is CC/C=C\C/C=C\C/C=C\C/C=C\C/C=C\C/C=C\C/C=C\C/C=C\CCCCC(=O)OC(COC(=O)CCCCCCCCCCCCCCCCCCCCCCCCCCCCCCC/C=C\CCCCCCCCCC)COC(OCC[N+](C)(C)C)C(=O)O. The summed E-state index contributed by atoms with van der Waals surface area (Å²) in [6.07, 6.45) is 101. The number of hydrogen-bond donors (Lipinski definition) is 1. The lowest BCUT2D eigenvalue weighted by Crippen LogP contribution is -2.40. The van der Waals surface area contributed by atoms with Gasteiger partial charge in [-0.2, -0.15) is 0 Å².